The maximum atomic E-state index is 5.48. The van der Waals surface area contributed by atoms with Crippen LogP contribution >= 0.6 is 15.9 Å². The fraction of sp³-hybridized carbons (Fsp3) is 0.625. The van der Waals surface area contributed by atoms with Gasteiger partial charge in [-0.05, 0) is 55.5 Å². The topological polar surface area (TPSA) is 21.3 Å². The van der Waals surface area contributed by atoms with Crippen LogP contribution in [0.1, 0.15) is 38.2 Å². The van der Waals surface area contributed by atoms with E-state index >= 15 is 0 Å². The van der Waals surface area contributed by atoms with Gasteiger partial charge >= 0.3 is 0 Å². The van der Waals surface area contributed by atoms with Crippen molar-refractivity contribution in [1.29, 1.82) is 0 Å². The molecule has 0 saturated heterocycles. The Balaban J connectivity index is 2.03. The van der Waals surface area contributed by atoms with E-state index in [9.17, 15) is 0 Å². The molecule has 1 atom stereocenters. The highest BCUT2D eigenvalue weighted by Gasteiger charge is 2.25. The molecule has 0 aromatic heterocycles. The Morgan fingerprint density at radius 1 is 1.42 bits per heavy atom. The van der Waals surface area contributed by atoms with E-state index in [0.29, 0.717) is 6.04 Å². The molecule has 1 saturated carbocycles. The van der Waals surface area contributed by atoms with Crippen LogP contribution in [-0.4, -0.2) is 19.7 Å². The molecule has 0 amide bonds. The molecule has 1 aliphatic rings. The van der Waals surface area contributed by atoms with Crippen molar-refractivity contribution in [3.8, 4) is 5.75 Å². The lowest BCUT2D eigenvalue weighted by atomic mass is 10.00. The average Bonchev–Trinajstić information content (AvgIpc) is 3.20. The highest BCUT2D eigenvalue weighted by Crippen LogP contribution is 2.35. The van der Waals surface area contributed by atoms with Gasteiger partial charge in [0.05, 0.1) is 7.11 Å². The normalized spacial score (nSPS) is 16.4. The van der Waals surface area contributed by atoms with Gasteiger partial charge in [0.25, 0.3) is 0 Å². The molecule has 1 aromatic rings. The van der Waals surface area contributed by atoms with Crippen LogP contribution in [0.5, 0.6) is 5.75 Å². The predicted molar refractivity (Wildman–Crippen MR) is 83.8 cm³/mol. The fourth-order valence-corrected chi connectivity index (χ4v) is 2.92. The van der Waals surface area contributed by atoms with Gasteiger partial charge in [-0.2, -0.15) is 0 Å². The molecule has 0 spiro atoms. The van der Waals surface area contributed by atoms with Crippen LogP contribution in [0.4, 0.5) is 0 Å². The first-order valence-corrected chi connectivity index (χ1v) is 8.08. The van der Waals surface area contributed by atoms with Crippen molar-refractivity contribution in [3.63, 3.8) is 0 Å². The van der Waals surface area contributed by atoms with Crippen LogP contribution in [0.25, 0.3) is 0 Å². The van der Waals surface area contributed by atoms with E-state index in [1.807, 2.05) is 12.1 Å². The fourth-order valence-electron chi connectivity index (χ4n) is 2.52. The number of rotatable bonds is 8. The molecule has 2 nitrogen and oxygen atoms in total. The zero-order valence-electron chi connectivity index (χ0n) is 11.9. The van der Waals surface area contributed by atoms with Crippen molar-refractivity contribution in [3.05, 3.63) is 28.2 Å². The molecule has 0 radical (unpaired) electrons. The number of hydrogen-bond donors (Lipinski definition) is 1. The summed E-state index contributed by atoms with van der Waals surface area (Å²) in [5, 5.41) is 3.69. The van der Waals surface area contributed by atoms with Crippen molar-refractivity contribution in [2.24, 2.45) is 5.92 Å². The van der Waals surface area contributed by atoms with Gasteiger partial charge in [-0.3, -0.25) is 0 Å². The second kappa shape index (κ2) is 7.30. The lowest BCUT2D eigenvalue weighted by Gasteiger charge is -2.20. The SMILES string of the molecule is CCCNC(Cc1cc(Br)ccc1OC)CC1CC1. The molecule has 1 aliphatic carbocycles. The van der Waals surface area contributed by atoms with E-state index < -0.39 is 0 Å². The summed E-state index contributed by atoms with van der Waals surface area (Å²) >= 11 is 3.56. The number of hydrogen-bond acceptors (Lipinski definition) is 2. The van der Waals surface area contributed by atoms with Crippen LogP contribution in [-0.2, 0) is 6.42 Å². The second-order valence-corrected chi connectivity index (χ2v) is 6.41. The van der Waals surface area contributed by atoms with Gasteiger partial charge in [-0.1, -0.05) is 35.7 Å². The zero-order chi connectivity index (χ0) is 13.7. The summed E-state index contributed by atoms with van der Waals surface area (Å²) < 4.78 is 6.61. The summed E-state index contributed by atoms with van der Waals surface area (Å²) in [6, 6.07) is 6.85. The highest BCUT2D eigenvalue weighted by molar-refractivity contribution is 9.10. The average molecular weight is 326 g/mol. The maximum Gasteiger partial charge on any atom is 0.122 e. The zero-order valence-corrected chi connectivity index (χ0v) is 13.5. The van der Waals surface area contributed by atoms with Gasteiger partial charge < -0.3 is 10.1 Å². The summed E-state index contributed by atoms with van der Waals surface area (Å²) in [6.45, 7) is 3.33. The minimum absolute atomic E-state index is 0.579. The van der Waals surface area contributed by atoms with E-state index in [1.54, 1.807) is 7.11 Å². The third-order valence-corrected chi connectivity index (χ3v) is 4.20. The second-order valence-electron chi connectivity index (χ2n) is 5.49. The first kappa shape index (κ1) is 14.9. The van der Waals surface area contributed by atoms with Gasteiger partial charge in [-0.15, -0.1) is 0 Å². The molecule has 0 heterocycles. The van der Waals surface area contributed by atoms with Crippen molar-refractivity contribution >= 4 is 15.9 Å². The number of halogens is 1. The minimum Gasteiger partial charge on any atom is -0.496 e. The smallest absolute Gasteiger partial charge is 0.122 e. The largest absolute Gasteiger partial charge is 0.496 e. The lowest BCUT2D eigenvalue weighted by Crippen LogP contribution is -2.32. The van der Waals surface area contributed by atoms with E-state index in [1.165, 1.54) is 31.2 Å². The van der Waals surface area contributed by atoms with Gasteiger partial charge in [0, 0.05) is 10.5 Å². The summed E-state index contributed by atoms with van der Waals surface area (Å²) in [7, 11) is 1.75. The Hall–Kier alpha value is -0.540. The molecule has 0 bridgehead atoms. The Kier molecular flexibility index (Phi) is 5.71. The minimum atomic E-state index is 0.579. The van der Waals surface area contributed by atoms with Crippen molar-refractivity contribution in [2.75, 3.05) is 13.7 Å². The summed E-state index contributed by atoms with van der Waals surface area (Å²) in [4.78, 5) is 0. The van der Waals surface area contributed by atoms with Crippen LogP contribution < -0.4 is 10.1 Å². The molecule has 0 aliphatic heterocycles. The molecule has 1 unspecified atom stereocenters. The third kappa shape index (κ3) is 4.81. The van der Waals surface area contributed by atoms with Gasteiger partial charge in [0.1, 0.15) is 5.75 Å². The quantitative estimate of drug-likeness (QED) is 0.774. The van der Waals surface area contributed by atoms with Crippen LogP contribution in [0, 0.1) is 5.92 Å². The van der Waals surface area contributed by atoms with Gasteiger partial charge in [0.2, 0.25) is 0 Å². The maximum absolute atomic E-state index is 5.48. The number of benzene rings is 1. The Morgan fingerprint density at radius 2 is 2.21 bits per heavy atom. The first-order valence-electron chi connectivity index (χ1n) is 7.28. The first-order chi connectivity index (χ1) is 9.22. The summed E-state index contributed by atoms with van der Waals surface area (Å²) in [6.07, 6.45) is 6.38. The highest BCUT2D eigenvalue weighted by atomic mass is 79.9. The third-order valence-electron chi connectivity index (χ3n) is 3.71. The predicted octanol–water partition coefficient (Wildman–Crippen LogP) is 4.17. The van der Waals surface area contributed by atoms with Gasteiger partial charge in [0.15, 0.2) is 0 Å². The monoisotopic (exact) mass is 325 g/mol. The molecule has 1 N–H and O–H groups in total. The lowest BCUT2D eigenvalue weighted by molar-refractivity contribution is 0.399. The van der Waals surface area contributed by atoms with Gasteiger partial charge in [-0.25, -0.2) is 0 Å². The summed E-state index contributed by atoms with van der Waals surface area (Å²) in [5.74, 6) is 1.95. The Bertz CT molecular complexity index is 404. The van der Waals surface area contributed by atoms with E-state index in [4.69, 9.17) is 4.74 Å². The van der Waals surface area contributed by atoms with Crippen LogP contribution in [0.2, 0.25) is 0 Å². The standard InChI is InChI=1S/C16H24BrNO/c1-3-8-18-15(9-12-4-5-12)11-13-10-14(17)6-7-16(13)19-2/h6-7,10,12,15,18H,3-5,8-9,11H2,1-2H3. The van der Waals surface area contributed by atoms with E-state index in [-0.39, 0.29) is 0 Å². The molecule has 1 aromatic carbocycles. The molecule has 2 rings (SSSR count). The number of methoxy groups -OCH3 is 1. The van der Waals surface area contributed by atoms with Crippen LogP contribution in [0.3, 0.4) is 0 Å². The Labute approximate surface area is 125 Å². The van der Waals surface area contributed by atoms with E-state index in [2.05, 4.69) is 34.2 Å². The van der Waals surface area contributed by atoms with Crippen LogP contribution in [0.15, 0.2) is 22.7 Å². The molecule has 3 heteroatoms. The molecular weight excluding hydrogens is 302 g/mol. The Morgan fingerprint density at radius 3 is 2.84 bits per heavy atom. The van der Waals surface area contributed by atoms with Crippen molar-refractivity contribution in [1.82, 2.24) is 5.32 Å². The number of nitrogens with one attached hydrogen (secondary N) is 1. The summed E-state index contributed by atoms with van der Waals surface area (Å²) in [5.41, 5.74) is 1.30. The molecular formula is C16H24BrNO. The molecule has 19 heavy (non-hydrogen) atoms. The van der Waals surface area contributed by atoms with Crippen molar-refractivity contribution < 1.29 is 4.74 Å². The molecule has 1 fully saturated rings. The molecule has 106 valence electrons. The van der Waals surface area contributed by atoms with E-state index in [0.717, 1.165) is 29.1 Å². The van der Waals surface area contributed by atoms with Crippen molar-refractivity contribution in [2.45, 2.75) is 45.1 Å². The number of ether oxygens (including phenoxy) is 1.